The van der Waals surface area contributed by atoms with E-state index in [4.69, 9.17) is 21.1 Å². The first-order chi connectivity index (χ1) is 15.2. The van der Waals surface area contributed by atoms with Crippen LogP contribution in [0, 0.1) is 0 Å². The predicted molar refractivity (Wildman–Crippen MR) is 136 cm³/mol. The third kappa shape index (κ3) is 8.26. The van der Waals surface area contributed by atoms with Crippen LogP contribution in [0.2, 0.25) is 5.28 Å². The smallest absolute Gasteiger partial charge is 0.410 e. The number of benzene rings is 2. The highest BCUT2D eigenvalue weighted by Gasteiger charge is 2.21. The molecule has 0 spiro atoms. The van der Waals surface area contributed by atoms with Gasteiger partial charge in [0.15, 0.2) is 0 Å². The van der Waals surface area contributed by atoms with Gasteiger partial charge in [-0.1, -0.05) is 42.5 Å². The fourth-order valence-electron chi connectivity index (χ4n) is 3.09. The minimum absolute atomic E-state index is 0. The quantitative estimate of drug-likeness (QED) is 0.366. The Bertz CT molecular complexity index is 1040. The first kappa shape index (κ1) is 26.5. The lowest BCUT2D eigenvalue weighted by molar-refractivity contribution is 0.0278. The summed E-state index contributed by atoms with van der Waals surface area (Å²) in [5.74, 6) is 0.700. The lowest BCUT2D eigenvalue weighted by atomic mass is 10.1. The van der Waals surface area contributed by atoms with Gasteiger partial charge in [0, 0.05) is 31.8 Å². The summed E-state index contributed by atoms with van der Waals surface area (Å²) in [4.78, 5) is 22.1. The Hall–Kier alpha value is -2.77. The van der Waals surface area contributed by atoms with E-state index >= 15 is 0 Å². The lowest BCUT2D eigenvalue weighted by Crippen LogP contribution is -2.35. The summed E-state index contributed by atoms with van der Waals surface area (Å²) in [6.07, 6.45) is 1.62. The second kappa shape index (κ2) is 11.9. The zero-order valence-corrected chi connectivity index (χ0v) is 21.0. The van der Waals surface area contributed by atoms with Gasteiger partial charge in [-0.05, 0) is 56.1 Å². The molecule has 0 N–H and O–H groups in total. The second-order valence-corrected chi connectivity index (χ2v) is 8.78. The third-order valence-corrected chi connectivity index (χ3v) is 4.82. The van der Waals surface area contributed by atoms with Gasteiger partial charge < -0.3 is 14.4 Å². The zero-order chi connectivity index (χ0) is 23.1. The van der Waals surface area contributed by atoms with Crippen LogP contribution < -0.4 is 4.74 Å². The van der Waals surface area contributed by atoms with Crippen molar-refractivity contribution in [2.24, 2.45) is 0 Å². The van der Waals surface area contributed by atoms with E-state index in [1.165, 1.54) is 0 Å². The Labute approximate surface area is 207 Å². The molecule has 2 aromatic carbocycles. The third-order valence-electron chi connectivity index (χ3n) is 4.64. The normalized spacial score (nSPS) is 11.8. The number of carbonyl (C=O) groups is 1. The van der Waals surface area contributed by atoms with E-state index in [9.17, 15) is 4.79 Å². The maximum atomic E-state index is 12.3. The number of aromatic nitrogens is 2. The minimum Gasteiger partial charge on any atom is -0.486 e. The van der Waals surface area contributed by atoms with Crippen molar-refractivity contribution < 1.29 is 14.3 Å². The molecule has 1 aromatic heterocycles. The Kier molecular flexibility index (Phi) is 9.56. The number of amides is 1. The van der Waals surface area contributed by atoms with E-state index in [0.29, 0.717) is 18.7 Å². The molecule has 0 saturated heterocycles. The largest absolute Gasteiger partial charge is 0.486 e. The first-order valence-corrected chi connectivity index (χ1v) is 10.8. The van der Waals surface area contributed by atoms with E-state index in [-0.39, 0.29) is 31.0 Å². The molecule has 0 saturated carbocycles. The highest BCUT2D eigenvalue weighted by atomic mass is 35.5. The molecular formula is C25H30ClN3O3S. The lowest BCUT2D eigenvalue weighted by Gasteiger charge is -2.26. The Morgan fingerprint density at radius 3 is 2.48 bits per heavy atom. The number of carbonyl (C=O) groups excluding carboxylic acids is 1. The Morgan fingerprint density at radius 1 is 1.09 bits per heavy atom. The molecule has 8 heteroatoms. The number of ether oxygens (including phenoxy) is 2. The molecule has 1 atom stereocenters. The molecule has 3 aromatic rings. The molecule has 0 unspecified atom stereocenters. The van der Waals surface area contributed by atoms with Crippen molar-refractivity contribution in [3.8, 4) is 17.0 Å². The highest BCUT2D eigenvalue weighted by molar-refractivity contribution is 7.59. The summed E-state index contributed by atoms with van der Waals surface area (Å²) >= 11 is 5.94. The Morgan fingerprint density at radius 2 is 1.82 bits per heavy atom. The fraction of sp³-hybridized carbons (Fsp3) is 0.320. The standard InChI is InChI=1S/C25H28ClN3O3.H2S/c1-25(2,3)32-24(30)29(4)16-14-22(18-9-6-5-7-10-18)31-20-12-8-11-19(17-20)21-13-15-27-23(26)28-21;/h5-13,15,17,22H,14,16H2,1-4H3;1H2/t22-;/m0./s1. The van der Waals surface area contributed by atoms with Crippen molar-refractivity contribution in [1.82, 2.24) is 14.9 Å². The zero-order valence-electron chi connectivity index (χ0n) is 19.3. The van der Waals surface area contributed by atoms with Gasteiger partial charge in [-0.3, -0.25) is 0 Å². The van der Waals surface area contributed by atoms with Gasteiger partial charge in [-0.25, -0.2) is 14.8 Å². The van der Waals surface area contributed by atoms with E-state index in [2.05, 4.69) is 9.97 Å². The van der Waals surface area contributed by atoms with Gasteiger partial charge in [-0.2, -0.15) is 13.5 Å². The van der Waals surface area contributed by atoms with Crippen LogP contribution in [-0.2, 0) is 4.74 Å². The topological polar surface area (TPSA) is 64.5 Å². The second-order valence-electron chi connectivity index (χ2n) is 8.45. The summed E-state index contributed by atoms with van der Waals surface area (Å²) in [6.45, 7) is 6.04. The summed E-state index contributed by atoms with van der Waals surface area (Å²) in [7, 11) is 1.73. The molecule has 176 valence electrons. The monoisotopic (exact) mass is 487 g/mol. The molecular weight excluding hydrogens is 458 g/mol. The van der Waals surface area contributed by atoms with Crippen LogP contribution in [0.3, 0.4) is 0 Å². The van der Waals surface area contributed by atoms with Crippen LogP contribution in [0.15, 0.2) is 66.9 Å². The van der Waals surface area contributed by atoms with Crippen LogP contribution in [0.5, 0.6) is 5.75 Å². The van der Waals surface area contributed by atoms with Gasteiger partial charge in [-0.15, -0.1) is 0 Å². The molecule has 0 radical (unpaired) electrons. The molecule has 0 aliphatic carbocycles. The molecule has 3 rings (SSSR count). The number of nitrogens with zero attached hydrogens (tertiary/aromatic N) is 3. The van der Waals surface area contributed by atoms with E-state index < -0.39 is 5.60 Å². The Balaban J connectivity index is 0.00000385. The molecule has 0 fully saturated rings. The molecule has 1 amide bonds. The van der Waals surface area contributed by atoms with Crippen LogP contribution in [0.25, 0.3) is 11.3 Å². The van der Waals surface area contributed by atoms with Gasteiger partial charge in [0.05, 0.1) is 5.69 Å². The van der Waals surface area contributed by atoms with Gasteiger partial charge in [0.1, 0.15) is 17.5 Å². The molecule has 1 heterocycles. The first-order valence-electron chi connectivity index (χ1n) is 10.5. The van der Waals surface area contributed by atoms with Crippen LogP contribution in [-0.4, -0.2) is 40.2 Å². The van der Waals surface area contributed by atoms with Gasteiger partial charge in [0.2, 0.25) is 5.28 Å². The van der Waals surface area contributed by atoms with E-state index in [1.807, 2.05) is 75.4 Å². The molecule has 0 aliphatic heterocycles. The van der Waals surface area contributed by atoms with Gasteiger partial charge >= 0.3 is 6.09 Å². The van der Waals surface area contributed by atoms with Gasteiger partial charge in [0.25, 0.3) is 0 Å². The summed E-state index contributed by atoms with van der Waals surface area (Å²) in [5.41, 5.74) is 2.09. The number of halogens is 1. The van der Waals surface area contributed by atoms with Crippen LogP contribution in [0.4, 0.5) is 4.79 Å². The van der Waals surface area contributed by atoms with Crippen molar-refractivity contribution >= 4 is 31.2 Å². The van der Waals surface area contributed by atoms with Crippen molar-refractivity contribution in [1.29, 1.82) is 0 Å². The predicted octanol–water partition coefficient (Wildman–Crippen LogP) is 6.29. The molecule has 6 nitrogen and oxygen atoms in total. The van der Waals surface area contributed by atoms with Crippen molar-refractivity contribution in [3.05, 3.63) is 77.7 Å². The van der Waals surface area contributed by atoms with Crippen molar-refractivity contribution in [2.45, 2.75) is 38.9 Å². The van der Waals surface area contributed by atoms with Crippen molar-refractivity contribution in [3.63, 3.8) is 0 Å². The maximum absolute atomic E-state index is 12.3. The number of rotatable bonds is 7. The van der Waals surface area contributed by atoms with E-state index in [1.54, 1.807) is 24.2 Å². The van der Waals surface area contributed by atoms with E-state index in [0.717, 1.165) is 16.8 Å². The minimum atomic E-state index is -0.537. The average Bonchev–Trinajstić information content (AvgIpc) is 2.76. The summed E-state index contributed by atoms with van der Waals surface area (Å²) in [5, 5.41) is 0.196. The molecule has 0 aliphatic rings. The SMILES string of the molecule is CN(CC[C@H](Oc1cccc(-c2ccnc(Cl)n2)c1)c1ccccc1)C(=O)OC(C)(C)C.S. The van der Waals surface area contributed by atoms with Crippen LogP contribution in [0.1, 0.15) is 38.9 Å². The summed E-state index contributed by atoms with van der Waals surface area (Å²) < 4.78 is 11.8. The average molecular weight is 488 g/mol. The number of hydrogen-bond acceptors (Lipinski definition) is 5. The summed E-state index contributed by atoms with van der Waals surface area (Å²) in [6, 6.07) is 19.4. The maximum Gasteiger partial charge on any atom is 0.410 e. The molecule has 0 bridgehead atoms. The highest BCUT2D eigenvalue weighted by Crippen LogP contribution is 2.29. The number of hydrogen-bond donors (Lipinski definition) is 0. The van der Waals surface area contributed by atoms with Crippen LogP contribution >= 0.6 is 25.1 Å². The molecule has 33 heavy (non-hydrogen) atoms. The van der Waals surface area contributed by atoms with Crippen molar-refractivity contribution in [2.75, 3.05) is 13.6 Å². The fourth-order valence-corrected chi connectivity index (χ4v) is 3.24.